The normalized spacial score (nSPS) is 13.4. The second-order valence-electron chi connectivity index (χ2n) is 3.81. The van der Waals surface area contributed by atoms with E-state index >= 15 is 0 Å². The number of hydrogen-bond acceptors (Lipinski definition) is 2. The minimum atomic E-state index is -1.03. The van der Waals surface area contributed by atoms with Gasteiger partial charge in [-0.05, 0) is 5.41 Å². The van der Waals surface area contributed by atoms with Crippen LogP contribution in [0.25, 0.3) is 5.53 Å². The summed E-state index contributed by atoms with van der Waals surface area (Å²) >= 11 is 0. The first kappa shape index (κ1) is 11.0. The Morgan fingerprint density at radius 2 is 1.92 bits per heavy atom. The fourth-order valence-electron chi connectivity index (χ4n) is 0.728. The van der Waals surface area contributed by atoms with Gasteiger partial charge in [0.15, 0.2) is 6.10 Å². The Kier molecular flexibility index (Phi) is 3.31. The third-order valence-electron chi connectivity index (χ3n) is 1.55. The Morgan fingerprint density at radius 1 is 1.50 bits per heavy atom. The molecular weight excluding hydrogens is 156 g/mol. The van der Waals surface area contributed by atoms with Gasteiger partial charge in [-0.1, -0.05) is 20.8 Å². The molecule has 0 aromatic carbocycles. The molecule has 0 rings (SSSR count). The molecule has 4 nitrogen and oxygen atoms in total. The first-order valence-corrected chi connectivity index (χ1v) is 3.71. The zero-order valence-corrected chi connectivity index (χ0v) is 7.83. The second-order valence-corrected chi connectivity index (χ2v) is 3.81. The fraction of sp³-hybridized carbons (Fsp3) is 0.750. The van der Waals surface area contributed by atoms with Crippen LogP contribution < -0.4 is 0 Å². The van der Waals surface area contributed by atoms with E-state index < -0.39 is 17.3 Å². The molecule has 0 bridgehead atoms. The van der Waals surface area contributed by atoms with Crippen LogP contribution in [0.3, 0.4) is 0 Å². The predicted octanol–water partition coefficient (Wildman–Crippen LogP) is 0.653. The van der Waals surface area contributed by atoms with Crippen molar-refractivity contribution < 1.29 is 14.7 Å². The molecule has 0 aliphatic heterocycles. The number of aliphatic hydroxyl groups is 1. The Bertz CT molecular complexity index is 234. The van der Waals surface area contributed by atoms with Crippen LogP contribution in [-0.2, 0) is 4.79 Å². The maximum Gasteiger partial charge on any atom is 0.362 e. The number of rotatable bonds is 2. The summed E-state index contributed by atoms with van der Waals surface area (Å²) in [7, 11) is 0. The maximum absolute atomic E-state index is 10.8. The summed E-state index contributed by atoms with van der Waals surface area (Å²) in [6.45, 7) is 6.52. The Hall–Kier alpha value is -0.990. The molecule has 0 aromatic rings. The lowest BCUT2D eigenvalue weighted by molar-refractivity contribution is -0.117. The van der Waals surface area contributed by atoms with Gasteiger partial charge in [0.1, 0.15) is 0 Å². The Morgan fingerprint density at radius 3 is 2.00 bits per heavy atom. The summed E-state index contributed by atoms with van der Waals surface area (Å²) in [5.74, 6) is -0.417. The molecule has 12 heavy (non-hydrogen) atoms. The summed E-state index contributed by atoms with van der Waals surface area (Å²) in [4.78, 5) is 13.6. The summed E-state index contributed by atoms with van der Waals surface area (Å²) in [5, 5.41) is 9.50. The molecule has 0 aromatic heterocycles. The lowest BCUT2D eigenvalue weighted by atomic mass is 9.85. The van der Waals surface area contributed by atoms with Crippen LogP contribution in [0.4, 0.5) is 0 Å². The van der Waals surface area contributed by atoms with Crippen LogP contribution in [0, 0.1) is 5.41 Å². The largest absolute Gasteiger partial charge is 0.380 e. The summed E-state index contributed by atoms with van der Waals surface area (Å²) in [5.41, 5.74) is 7.75. The van der Waals surface area contributed by atoms with Crippen molar-refractivity contribution in [3.05, 3.63) is 5.53 Å². The summed E-state index contributed by atoms with van der Waals surface area (Å²) < 4.78 is 0. The lowest BCUT2D eigenvalue weighted by Gasteiger charge is -2.20. The van der Waals surface area contributed by atoms with E-state index in [0.717, 1.165) is 0 Å². The first-order valence-electron chi connectivity index (χ1n) is 3.71. The van der Waals surface area contributed by atoms with E-state index in [1.165, 1.54) is 6.92 Å². The fourth-order valence-corrected chi connectivity index (χ4v) is 0.728. The molecule has 0 amide bonds. The number of carbonyl (C=O) groups is 1. The van der Waals surface area contributed by atoms with Crippen molar-refractivity contribution >= 4 is 11.5 Å². The van der Waals surface area contributed by atoms with Crippen LogP contribution in [0.1, 0.15) is 27.7 Å². The monoisotopic (exact) mass is 170 g/mol. The van der Waals surface area contributed by atoms with Gasteiger partial charge in [-0.25, -0.2) is 0 Å². The van der Waals surface area contributed by atoms with Crippen molar-refractivity contribution in [1.29, 1.82) is 0 Å². The summed E-state index contributed by atoms with van der Waals surface area (Å²) in [6, 6.07) is 0. The van der Waals surface area contributed by atoms with E-state index in [2.05, 4.69) is 4.79 Å². The molecule has 68 valence electrons. The van der Waals surface area contributed by atoms with E-state index in [1.54, 1.807) is 20.8 Å². The lowest BCUT2D eigenvalue weighted by Crippen LogP contribution is -2.38. The van der Waals surface area contributed by atoms with Crippen LogP contribution in [-0.4, -0.2) is 27.5 Å². The molecular formula is C8H14N2O2. The highest BCUT2D eigenvalue weighted by Gasteiger charge is 2.35. The SMILES string of the molecule is CC(=O)C(=[N+]=[N-])C(O)C(C)(C)C. The zero-order valence-electron chi connectivity index (χ0n) is 7.83. The van der Waals surface area contributed by atoms with E-state index in [4.69, 9.17) is 5.53 Å². The molecule has 0 radical (unpaired) electrons. The number of ketones is 1. The standard InChI is InChI=1S/C8H14N2O2/c1-5(11)6(10-9)7(12)8(2,3)4/h7,12H,1-4H3. The van der Waals surface area contributed by atoms with E-state index in [0.29, 0.717) is 0 Å². The van der Waals surface area contributed by atoms with Gasteiger partial charge in [0.2, 0.25) is 5.78 Å². The highest BCUT2D eigenvalue weighted by atomic mass is 16.3. The van der Waals surface area contributed by atoms with Crippen LogP contribution >= 0.6 is 0 Å². The topological polar surface area (TPSA) is 73.7 Å². The number of hydrogen-bond donors (Lipinski definition) is 1. The van der Waals surface area contributed by atoms with E-state index in [1.807, 2.05) is 0 Å². The maximum atomic E-state index is 10.8. The van der Waals surface area contributed by atoms with Crippen molar-refractivity contribution in [3.8, 4) is 0 Å². The smallest absolute Gasteiger partial charge is 0.362 e. The van der Waals surface area contributed by atoms with Gasteiger partial charge in [0.25, 0.3) is 0 Å². The Labute approximate surface area is 71.8 Å². The predicted molar refractivity (Wildman–Crippen MR) is 44.8 cm³/mol. The van der Waals surface area contributed by atoms with Crippen molar-refractivity contribution in [1.82, 2.24) is 0 Å². The third-order valence-corrected chi connectivity index (χ3v) is 1.55. The van der Waals surface area contributed by atoms with Crippen LogP contribution in [0.15, 0.2) is 0 Å². The van der Waals surface area contributed by atoms with E-state index in [-0.39, 0.29) is 5.71 Å². The molecule has 0 aliphatic rings. The van der Waals surface area contributed by atoms with Crippen molar-refractivity contribution in [2.75, 3.05) is 0 Å². The average molecular weight is 170 g/mol. The molecule has 0 aliphatic carbocycles. The molecule has 0 saturated heterocycles. The van der Waals surface area contributed by atoms with Gasteiger partial charge >= 0.3 is 5.71 Å². The van der Waals surface area contributed by atoms with Crippen molar-refractivity contribution in [2.45, 2.75) is 33.8 Å². The highest BCUT2D eigenvalue weighted by molar-refractivity contribution is 6.38. The Balaban J connectivity index is 4.80. The zero-order chi connectivity index (χ0) is 9.94. The molecule has 1 unspecified atom stereocenters. The second kappa shape index (κ2) is 3.61. The van der Waals surface area contributed by atoms with Crippen molar-refractivity contribution in [3.63, 3.8) is 0 Å². The number of Topliss-reactive ketones (excluding diaryl/α,β-unsaturated/α-hetero) is 1. The first-order chi connectivity index (χ1) is 5.30. The molecule has 0 spiro atoms. The van der Waals surface area contributed by atoms with Crippen LogP contribution in [0.2, 0.25) is 0 Å². The van der Waals surface area contributed by atoms with Gasteiger partial charge in [0.05, 0.1) is 0 Å². The minimum Gasteiger partial charge on any atom is -0.380 e. The number of nitrogens with zero attached hydrogens (tertiary/aromatic N) is 2. The third kappa shape index (κ3) is 2.57. The molecule has 0 saturated carbocycles. The van der Waals surface area contributed by atoms with Gasteiger partial charge in [0, 0.05) is 6.92 Å². The molecule has 1 atom stereocenters. The molecule has 1 N–H and O–H groups in total. The van der Waals surface area contributed by atoms with Crippen molar-refractivity contribution in [2.24, 2.45) is 5.41 Å². The van der Waals surface area contributed by atoms with E-state index in [9.17, 15) is 9.90 Å². The van der Waals surface area contributed by atoms with Gasteiger partial charge < -0.3 is 10.6 Å². The highest BCUT2D eigenvalue weighted by Crippen LogP contribution is 2.19. The number of carbonyl (C=O) groups excluding carboxylic acids is 1. The number of aliphatic hydroxyl groups excluding tert-OH is 1. The van der Waals surface area contributed by atoms with Gasteiger partial charge in [-0.3, -0.25) is 4.79 Å². The minimum absolute atomic E-state index is 0.192. The van der Waals surface area contributed by atoms with Gasteiger partial charge in [-0.15, -0.1) is 0 Å². The van der Waals surface area contributed by atoms with Crippen LogP contribution in [0.5, 0.6) is 0 Å². The molecule has 0 fully saturated rings. The quantitative estimate of drug-likeness (QED) is 0.375. The van der Waals surface area contributed by atoms with Gasteiger partial charge in [-0.2, -0.15) is 4.79 Å². The molecule has 4 heteroatoms. The average Bonchev–Trinajstić information content (AvgIpc) is 1.86. The molecule has 0 heterocycles. The summed E-state index contributed by atoms with van der Waals surface area (Å²) in [6.07, 6.45) is -1.03.